The molecule has 0 N–H and O–H groups in total. The van der Waals surface area contributed by atoms with Gasteiger partial charge in [0, 0.05) is 32.1 Å². The van der Waals surface area contributed by atoms with E-state index in [4.69, 9.17) is 10.5 Å². The van der Waals surface area contributed by atoms with Gasteiger partial charge in [0.05, 0.1) is 32.0 Å². The smallest absolute Gasteiger partial charge is 0.224 e. The lowest BCUT2D eigenvalue weighted by atomic mass is 10.0. The normalized spacial score (nSPS) is 11.7. The SMILES string of the molecule is CN=CC(C=NC)=c1c(F)c(F)c2c(c(F)nc3c2nc(F)c2c(F)c(=C(C#N)C#N)c(F)c(F)c23)c1F. The molecule has 2 aromatic carbocycles. The Hall–Kier alpha value is -4.98. The molecule has 4 aromatic rings. The van der Waals surface area contributed by atoms with E-state index in [2.05, 4.69) is 20.0 Å². The van der Waals surface area contributed by atoms with Crippen molar-refractivity contribution >= 4 is 56.2 Å². The van der Waals surface area contributed by atoms with Crippen molar-refractivity contribution in [2.75, 3.05) is 14.1 Å². The summed E-state index contributed by atoms with van der Waals surface area (Å²) in [6.07, 6.45) is 1.79. The molecule has 2 heterocycles. The van der Waals surface area contributed by atoms with Crippen LogP contribution in [0.3, 0.4) is 0 Å². The Morgan fingerprint density at radius 2 is 1.00 bits per heavy atom. The summed E-state index contributed by atoms with van der Waals surface area (Å²) in [7, 11) is 2.44. The van der Waals surface area contributed by atoms with Crippen molar-refractivity contribution < 1.29 is 35.1 Å². The van der Waals surface area contributed by atoms with Crippen molar-refractivity contribution in [1.29, 1.82) is 10.5 Å². The number of hydrogen-bond acceptors (Lipinski definition) is 6. The van der Waals surface area contributed by atoms with Gasteiger partial charge in [-0.25, -0.2) is 36.3 Å². The van der Waals surface area contributed by atoms with E-state index in [1.54, 1.807) is 0 Å². The zero-order valence-corrected chi connectivity index (χ0v) is 18.9. The molecule has 0 aliphatic carbocycles. The summed E-state index contributed by atoms with van der Waals surface area (Å²) in [5, 5.41) is 9.68. The molecule has 0 aliphatic rings. The lowest BCUT2D eigenvalue weighted by molar-refractivity contribution is 0.491. The minimum atomic E-state index is -2.15. The van der Waals surface area contributed by atoms with Gasteiger partial charge < -0.3 is 0 Å². The molecule has 14 heteroatoms. The van der Waals surface area contributed by atoms with Gasteiger partial charge in [0.25, 0.3) is 0 Å². The van der Waals surface area contributed by atoms with Gasteiger partial charge in [-0.15, -0.1) is 0 Å². The molecule has 4 rings (SSSR count). The number of hydrogen-bond donors (Lipinski definition) is 0. The standard InChI is InChI=1S/C24H8F8N6/c1-35-5-8(6-36-2)10-16(26)14-12(20(30)18(10)28)22-21(38-24(14)32)11-13(23(31)37-22)15(25)9(7(3-33)4-34)17(27)19(11)29/h5-6H,1-2H3. The topological polar surface area (TPSA) is 98.1 Å². The lowest BCUT2D eigenvalue weighted by Gasteiger charge is -2.12. The minimum Gasteiger partial charge on any atom is -0.296 e. The van der Waals surface area contributed by atoms with Gasteiger partial charge in [0.2, 0.25) is 11.9 Å². The third-order valence-electron chi connectivity index (χ3n) is 5.47. The van der Waals surface area contributed by atoms with E-state index in [0.717, 1.165) is 24.6 Å². The second-order valence-corrected chi connectivity index (χ2v) is 7.46. The molecular formula is C24H8F8N6. The van der Waals surface area contributed by atoms with Crippen molar-refractivity contribution in [3.05, 3.63) is 57.2 Å². The second kappa shape index (κ2) is 9.48. The highest BCUT2D eigenvalue weighted by molar-refractivity contribution is 6.28. The van der Waals surface area contributed by atoms with Gasteiger partial charge in [-0.3, -0.25) is 9.98 Å². The first-order valence-corrected chi connectivity index (χ1v) is 10.1. The Labute approximate surface area is 205 Å². The van der Waals surface area contributed by atoms with Crippen LogP contribution in [-0.4, -0.2) is 36.5 Å². The predicted molar refractivity (Wildman–Crippen MR) is 120 cm³/mol. The van der Waals surface area contributed by atoms with Crippen molar-refractivity contribution in [2.24, 2.45) is 9.98 Å². The number of aliphatic imine (C=N–C) groups is 2. The van der Waals surface area contributed by atoms with Crippen LogP contribution in [0.4, 0.5) is 35.1 Å². The number of halogens is 8. The van der Waals surface area contributed by atoms with E-state index in [1.165, 1.54) is 14.1 Å². The zero-order valence-electron chi connectivity index (χ0n) is 18.9. The van der Waals surface area contributed by atoms with E-state index >= 15 is 30.7 Å². The maximum absolute atomic E-state index is 15.4. The van der Waals surface area contributed by atoms with E-state index in [-0.39, 0.29) is 0 Å². The van der Waals surface area contributed by atoms with Crippen LogP contribution in [0.2, 0.25) is 0 Å². The summed E-state index contributed by atoms with van der Waals surface area (Å²) in [5.74, 6) is -15.7. The van der Waals surface area contributed by atoms with Crippen LogP contribution < -0.4 is 10.4 Å². The molecule has 0 bridgehead atoms. The van der Waals surface area contributed by atoms with Gasteiger partial charge in [-0.2, -0.15) is 19.3 Å². The minimum absolute atomic E-state index is 0.423. The van der Waals surface area contributed by atoms with Gasteiger partial charge in [0.15, 0.2) is 23.3 Å². The number of fused-ring (bicyclic) bond motifs is 5. The number of nitrogens with zero attached hydrogens (tertiary/aromatic N) is 6. The van der Waals surface area contributed by atoms with E-state index in [9.17, 15) is 4.39 Å². The summed E-state index contributed by atoms with van der Waals surface area (Å²) < 4.78 is 121. The van der Waals surface area contributed by atoms with Crippen LogP contribution in [0, 0.1) is 69.5 Å². The molecular weight excluding hydrogens is 524 g/mol. The van der Waals surface area contributed by atoms with E-state index in [1.807, 2.05) is 0 Å². The van der Waals surface area contributed by atoms with Gasteiger partial charge in [0.1, 0.15) is 40.4 Å². The third kappa shape index (κ3) is 3.53. The van der Waals surface area contributed by atoms with E-state index < -0.39 is 101 Å². The van der Waals surface area contributed by atoms with Crippen LogP contribution in [0.1, 0.15) is 0 Å². The number of rotatable bonds is 2. The summed E-state index contributed by atoms with van der Waals surface area (Å²) >= 11 is 0. The Balaban J connectivity index is 2.41. The van der Waals surface area contributed by atoms with Crippen molar-refractivity contribution in [3.8, 4) is 12.1 Å². The first kappa shape index (κ1) is 26.1. The quantitative estimate of drug-likeness (QED) is 0.129. The molecule has 0 saturated heterocycles. The number of pyridine rings is 2. The van der Waals surface area contributed by atoms with Gasteiger partial charge >= 0.3 is 0 Å². The van der Waals surface area contributed by atoms with Crippen LogP contribution in [0.25, 0.3) is 43.7 Å². The highest BCUT2D eigenvalue weighted by atomic mass is 19.2. The summed E-state index contributed by atoms with van der Waals surface area (Å²) in [5.41, 5.74) is -4.05. The fraction of sp³-hybridized carbons (Fsp3) is 0.0833. The molecule has 0 unspecified atom stereocenters. The summed E-state index contributed by atoms with van der Waals surface area (Å²) in [6.45, 7) is 0. The van der Waals surface area contributed by atoms with Crippen molar-refractivity contribution in [1.82, 2.24) is 9.97 Å². The molecule has 190 valence electrons. The molecule has 0 atom stereocenters. The largest absolute Gasteiger partial charge is 0.296 e. The Kier molecular flexibility index (Phi) is 6.51. The molecule has 0 spiro atoms. The fourth-order valence-electron chi connectivity index (χ4n) is 3.97. The summed E-state index contributed by atoms with van der Waals surface area (Å²) in [6, 6.07) is 2.24. The molecule has 6 nitrogen and oxygen atoms in total. The molecule has 0 saturated carbocycles. The van der Waals surface area contributed by atoms with Crippen LogP contribution in [0.15, 0.2) is 9.98 Å². The van der Waals surface area contributed by atoms with E-state index in [0.29, 0.717) is 0 Å². The molecule has 0 amide bonds. The fourth-order valence-corrected chi connectivity index (χ4v) is 3.97. The maximum Gasteiger partial charge on any atom is 0.224 e. The molecule has 0 aliphatic heterocycles. The van der Waals surface area contributed by atoms with Crippen molar-refractivity contribution in [2.45, 2.75) is 0 Å². The average molecular weight is 532 g/mol. The molecule has 2 aromatic heterocycles. The lowest BCUT2D eigenvalue weighted by Crippen LogP contribution is -2.22. The highest BCUT2D eigenvalue weighted by Crippen LogP contribution is 2.35. The third-order valence-corrected chi connectivity index (χ3v) is 5.47. The van der Waals surface area contributed by atoms with Crippen LogP contribution in [-0.2, 0) is 0 Å². The molecule has 38 heavy (non-hydrogen) atoms. The van der Waals surface area contributed by atoms with Crippen molar-refractivity contribution in [3.63, 3.8) is 0 Å². The summed E-state index contributed by atoms with van der Waals surface area (Å²) in [4.78, 5) is 13.6. The molecule has 0 radical (unpaired) electrons. The highest BCUT2D eigenvalue weighted by Gasteiger charge is 2.29. The Morgan fingerprint density at radius 1 is 0.605 bits per heavy atom. The van der Waals surface area contributed by atoms with Gasteiger partial charge in [-0.1, -0.05) is 0 Å². The number of benzene rings is 2. The van der Waals surface area contributed by atoms with Gasteiger partial charge in [-0.05, 0) is 0 Å². The first-order valence-electron chi connectivity index (χ1n) is 10.1. The Morgan fingerprint density at radius 3 is 1.39 bits per heavy atom. The average Bonchev–Trinajstić information content (AvgIpc) is 2.88. The predicted octanol–water partition coefficient (Wildman–Crippen LogP) is 3.80. The zero-order chi connectivity index (χ0) is 28.0. The molecule has 0 fully saturated rings. The number of aromatic nitrogens is 2. The monoisotopic (exact) mass is 532 g/mol. The van der Waals surface area contributed by atoms with Crippen LogP contribution >= 0.6 is 0 Å². The maximum atomic E-state index is 15.4. The van der Waals surface area contributed by atoms with Crippen LogP contribution in [0.5, 0.6) is 0 Å². The second-order valence-electron chi connectivity index (χ2n) is 7.46. The Bertz CT molecular complexity index is 1970. The number of nitriles is 2. The first-order chi connectivity index (χ1) is 18.0.